The highest BCUT2D eigenvalue weighted by atomic mass is 35.5. The minimum absolute atomic E-state index is 0.00679. The Balaban J connectivity index is 2.00. The minimum atomic E-state index is -0.353. The van der Waals surface area contributed by atoms with Crippen LogP contribution in [0.25, 0.3) is 10.8 Å². The third-order valence-electron chi connectivity index (χ3n) is 3.57. The standard InChI is InChI=1S/C18H14ClNO2/c1-11-10-16(17(21)15-5-3-2-4-14(11)15)18(22)20-13-8-6-12(19)7-9-13/h2-10,21H,1H3,(H,20,22). The molecule has 0 heterocycles. The summed E-state index contributed by atoms with van der Waals surface area (Å²) >= 11 is 5.82. The number of rotatable bonds is 2. The first-order chi connectivity index (χ1) is 10.6. The van der Waals surface area contributed by atoms with Crippen LogP contribution < -0.4 is 5.32 Å². The van der Waals surface area contributed by atoms with Crippen LogP contribution >= 0.6 is 11.6 Å². The maximum absolute atomic E-state index is 12.4. The van der Waals surface area contributed by atoms with Crippen LogP contribution in [0.3, 0.4) is 0 Å². The molecule has 0 aliphatic rings. The van der Waals surface area contributed by atoms with Crippen molar-refractivity contribution in [3.8, 4) is 5.75 Å². The number of hydrogen-bond acceptors (Lipinski definition) is 2. The van der Waals surface area contributed by atoms with Crippen molar-refractivity contribution in [3.63, 3.8) is 0 Å². The lowest BCUT2D eigenvalue weighted by atomic mass is 10.00. The van der Waals surface area contributed by atoms with Crippen molar-refractivity contribution >= 4 is 34.0 Å². The van der Waals surface area contributed by atoms with Gasteiger partial charge in [0, 0.05) is 16.1 Å². The second-order valence-electron chi connectivity index (χ2n) is 5.10. The second-order valence-corrected chi connectivity index (χ2v) is 5.53. The monoisotopic (exact) mass is 311 g/mol. The van der Waals surface area contributed by atoms with E-state index in [4.69, 9.17) is 11.6 Å². The van der Waals surface area contributed by atoms with Crippen molar-refractivity contribution in [1.82, 2.24) is 0 Å². The van der Waals surface area contributed by atoms with E-state index in [1.54, 1.807) is 36.4 Å². The maximum Gasteiger partial charge on any atom is 0.259 e. The summed E-state index contributed by atoms with van der Waals surface area (Å²) in [5.74, 6) is -0.360. The molecule has 3 aromatic rings. The zero-order valence-corrected chi connectivity index (χ0v) is 12.7. The Labute approximate surface area is 133 Å². The lowest BCUT2D eigenvalue weighted by Crippen LogP contribution is -2.12. The van der Waals surface area contributed by atoms with Gasteiger partial charge in [0.25, 0.3) is 5.91 Å². The Kier molecular flexibility index (Phi) is 3.73. The molecule has 3 nitrogen and oxygen atoms in total. The van der Waals surface area contributed by atoms with E-state index in [0.717, 1.165) is 10.9 Å². The summed E-state index contributed by atoms with van der Waals surface area (Å²) in [5, 5.41) is 15.3. The van der Waals surface area contributed by atoms with Crippen molar-refractivity contribution in [2.24, 2.45) is 0 Å². The van der Waals surface area contributed by atoms with E-state index in [-0.39, 0.29) is 17.2 Å². The summed E-state index contributed by atoms with van der Waals surface area (Å²) in [6.45, 7) is 1.92. The van der Waals surface area contributed by atoms with Gasteiger partial charge >= 0.3 is 0 Å². The summed E-state index contributed by atoms with van der Waals surface area (Å²) in [7, 11) is 0. The average molecular weight is 312 g/mol. The summed E-state index contributed by atoms with van der Waals surface area (Å²) < 4.78 is 0. The van der Waals surface area contributed by atoms with Crippen molar-refractivity contribution in [1.29, 1.82) is 0 Å². The zero-order valence-electron chi connectivity index (χ0n) is 11.9. The highest BCUT2D eigenvalue weighted by molar-refractivity contribution is 6.30. The predicted octanol–water partition coefficient (Wildman–Crippen LogP) is 4.76. The molecule has 0 saturated carbocycles. The molecule has 0 unspecified atom stereocenters. The number of aromatic hydroxyl groups is 1. The molecule has 0 fully saturated rings. The van der Waals surface area contributed by atoms with Gasteiger partial charge in [-0.3, -0.25) is 4.79 Å². The van der Waals surface area contributed by atoms with Gasteiger partial charge in [0.2, 0.25) is 0 Å². The van der Waals surface area contributed by atoms with Crippen molar-refractivity contribution < 1.29 is 9.90 Å². The molecule has 3 aromatic carbocycles. The molecule has 1 amide bonds. The molecular formula is C18H14ClNO2. The van der Waals surface area contributed by atoms with Crippen LogP contribution in [0.2, 0.25) is 5.02 Å². The molecule has 0 aliphatic heterocycles. The van der Waals surface area contributed by atoms with Crippen molar-refractivity contribution in [2.75, 3.05) is 5.32 Å². The van der Waals surface area contributed by atoms with E-state index >= 15 is 0 Å². The maximum atomic E-state index is 12.4. The SMILES string of the molecule is Cc1cc(C(=O)Nc2ccc(Cl)cc2)c(O)c2ccccc12. The number of phenolic OH excluding ortho intramolecular Hbond substituents is 1. The van der Waals surface area contributed by atoms with E-state index in [0.29, 0.717) is 16.1 Å². The molecule has 0 saturated heterocycles. The van der Waals surface area contributed by atoms with E-state index in [1.165, 1.54) is 0 Å². The number of hydrogen-bond donors (Lipinski definition) is 2. The smallest absolute Gasteiger partial charge is 0.259 e. The summed E-state index contributed by atoms with van der Waals surface area (Å²) in [4.78, 5) is 12.4. The van der Waals surface area contributed by atoms with Gasteiger partial charge in [0.1, 0.15) is 5.75 Å². The van der Waals surface area contributed by atoms with Crippen LogP contribution in [-0.2, 0) is 0 Å². The topological polar surface area (TPSA) is 49.3 Å². The molecule has 0 bridgehead atoms. The first-order valence-electron chi connectivity index (χ1n) is 6.84. The second kappa shape index (κ2) is 5.70. The van der Waals surface area contributed by atoms with Crippen LogP contribution in [0.5, 0.6) is 5.75 Å². The summed E-state index contributed by atoms with van der Waals surface area (Å²) in [6, 6.07) is 16.0. The van der Waals surface area contributed by atoms with Crippen LogP contribution in [0.1, 0.15) is 15.9 Å². The third kappa shape index (κ3) is 2.63. The van der Waals surface area contributed by atoms with Crippen molar-refractivity contribution in [3.05, 3.63) is 70.7 Å². The molecule has 0 aromatic heterocycles. The number of benzene rings is 3. The Morgan fingerprint density at radius 1 is 1.05 bits per heavy atom. The number of anilines is 1. The van der Waals surface area contributed by atoms with E-state index < -0.39 is 0 Å². The summed E-state index contributed by atoms with van der Waals surface area (Å²) in [6.07, 6.45) is 0. The Hall–Kier alpha value is -2.52. The number of halogens is 1. The van der Waals surface area contributed by atoms with Crippen LogP contribution in [0.15, 0.2) is 54.6 Å². The first-order valence-corrected chi connectivity index (χ1v) is 7.22. The number of amides is 1. The molecule has 110 valence electrons. The number of aryl methyl sites for hydroxylation is 1. The Morgan fingerprint density at radius 2 is 1.68 bits per heavy atom. The van der Waals surface area contributed by atoms with Crippen molar-refractivity contribution in [2.45, 2.75) is 6.92 Å². The van der Waals surface area contributed by atoms with Gasteiger partial charge in [-0.15, -0.1) is 0 Å². The van der Waals surface area contributed by atoms with E-state index in [2.05, 4.69) is 5.32 Å². The van der Waals surface area contributed by atoms with Gasteiger partial charge in [-0.05, 0) is 48.2 Å². The van der Waals surface area contributed by atoms with Gasteiger partial charge < -0.3 is 10.4 Å². The minimum Gasteiger partial charge on any atom is -0.506 e. The lowest BCUT2D eigenvalue weighted by molar-refractivity contribution is 0.102. The van der Waals surface area contributed by atoms with Gasteiger partial charge in [-0.25, -0.2) is 0 Å². The first kappa shape index (κ1) is 14.4. The highest BCUT2D eigenvalue weighted by Gasteiger charge is 2.15. The number of nitrogens with one attached hydrogen (secondary N) is 1. The molecule has 0 aliphatic carbocycles. The molecule has 3 rings (SSSR count). The fourth-order valence-corrected chi connectivity index (χ4v) is 2.57. The fourth-order valence-electron chi connectivity index (χ4n) is 2.45. The zero-order chi connectivity index (χ0) is 15.7. The molecule has 22 heavy (non-hydrogen) atoms. The number of phenols is 1. The molecule has 4 heteroatoms. The largest absolute Gasteiger partial charge is 0.506 e. The van der Waals surface area contributed by atoms with E-state index in [1.807, 2.05) is 25.1 Å². The number of carbonyl (C=O) groups is 1. The molecule has 0 radical (unpaired) electrons. The van der Waals surface area contributed by atoms with Gasteiger partial charge in [0.05, 0.1) is 5.56 Å². The molecule has 0 atom stereocenters. The quantitative estimate of drug-likeness (QED) is 0.717. The molecule has 2 N–H and O–H groups in total. The lowest BCUT2D eigenvalue weighted by Gasteiger charge is -2.11. The Bertz CT molecular complexity index is 857. The molecular weight excluding hydrogens is 298 g/mol. The number of carbonyl (C=O) groups excluding carboxylic acids is 1. The van der Waals surface area contributed by atoms with Gasteiger partial charge in [0.15, 0.2) is 0 Å². The molecule has 0 spiro atoms. The van der Waals surface area contributed by atoms with Gasteiger partial charge in [-0.1, -0.05) is 35.9 Å². The third-order valence-corrected chi connectivity index (χ3v) is 3.82. The van der Waals surface area contributed by atoms with Crippen LogP contribution in [-0.4, -0.2) is 11.0 Å². The van der Waals surface area contributed by atoms with Crippen LogP contribution in [0, 0.1) is 6.92 Å². The number of fused-ring (bicyclic) bond motifs is 1. The average Bonchev–Trinajstić information content (AvgIpc) is 2.53. The van der Waals surface area contributed by atoms with Crippen LogP contribution in [0.4, 0.5) is 5.69 Å². The fraction of sp³-hybridized carbons (Fsp3) is 0.0556. The summed E-state index contributed by atoms with van der Waals surface area (Å²) in [5.41, 5.74) is 1.82. The Morgan fingerprint density at radius 3 is 2.36 bits per heavy atom. The normalized spacial score (nSPS) is 10.6. The highest BCUT2D eigenvalue weighted by Crippen LogP contribution is 2.31. The predicted molar refractivity (Wildman–Crippen MR) is 89.8 cm³/mol. The van der Waals surface area contributed by atoms with E-state index in [9.17, 15) is 9.90 Å². The van der Waals surface area contributed by atoms with Gasteiger partial charge in [-0.2, -0.15) is 0 Å².